The van der Waals surface area contributed by atoms with E-state index in [0.29, 0.717) is 5.41 Å². The Morgan fingerprint density at radius 3 is 2.28 bits per heavy atom. The molecule has 0 bridgehead atoms. The fourth-order valence-corrected chi connectivity index (χ4v) is 3.61. The van der Waals surface area contributed by atoms with Crippen LogP contribution in [0.2, 0.25) is 0 Å². The van der Waals surface area contributed by atoms with Gasteiger partial charge < -0.3 is 5.73 Å². The van der Waals surface area contributed by atoms with E-state index in [-0.39, 0.29) is 0 Å². The highest BCUT2D eigenvalue weighted by atomic mass is 14.6. The molecule has 1 heteroatoms. The van der Waals surface area contributed by atoms with Gasteiger partial charge in [0.05, 0.1) is 0 Å². The van der Waals surface area contributed by atoms with Gasteiger partial charge in [0.25, 0.3) is 0 Å². The molecule has 0 radical (unpaired) electrons. The largest absolute Gasteiger partial charge is 0.330 e. The third-order valence-corrected chi connectivity index (χ3v) is 5.10. The summed E-state index contributed by atoms with van der Waals surface area (Å²) < 4.78 is 0. The Morgan fingerprint density at radius 2 is 1.72 bits per heavy atom. The van der Waals surface area contributed by atoms with Crippen molar-refractivity contribution in [3.05, 3.63) is 0 Å². The number of unbranched alkanes of at least 4 members (excludes halogenated alkanes) is 3. The Morgan fingerprint density at radius 1 is 1.00 bits per heavy atom. The Kier molecular flexibility index (Phi) is 6.70. The molecule has 0 aromatic carbocycles. The van der Waals surface area contributed by atoms with Crippen LogP contribution >= 0.6 is 0 Å². The van der Waals surface area contributed by atoms with Crippen LogP contribution in [0.1, 0.15) is 79.1 Å². The number of nitrogens with two attached hydrogens (primary N) is 1. The van der Waals surface area contributed by atoms with Gasteiger partial charge in [-0.15, -0.1) is 0 Å². The molecule has 0 aliphatic heterocycles. The first kappa shape index (κ1) is 16.0. The summed E-state index contributed by atoms with van der Waals surface area (Å²) >= 11 is 0. The van der Waals surface area contributed by atoms with Crippen molar-refractivity contribution in [1.82, 2.24) is 0 Å². The minimum Gasteiger partial charge on any atom is -0.330 e. The summed E-state index contributed by atoms with van der Waals surface area (Å²) in [7, 11) is 0. The summed E-state index contributed by atoms with van der Waals surface area (Å²) in [6.45, 7) is 10.4. The zero-order valence-electron chi connectivity index (χ0n) is 13.2. The molecule has 0 heterocycles. The topological polar surface area (TPSA) is 26.0 Å². The number of hydrogen-bond acceptors (Lipinski definition) is 1. The summed E-state index contributed by atoms with van der Waals surface area (Å²) in [4.78, 5) is 0. The van der Waals surface area contributed by atoms with E-state index >= 15 is 0 Å². The van der Waals surface area contributed by atoms with Gasteiger partial charge in [-0.2, -0.15) is 0 Å². The molecule has 3 atom stereocenters. The molecule has 0 saturated heterocycles. The van der Waals surface area contributed by atoms with Crippen molar-refractivity contribution in [1.29, 1.82) is 0 Å². The second kappa shape index (κ2) is 7.53. The highest BCUT2D eigenvalue weighted by Crippen LogP contribution is 2.44. The summed E-state index contributed by atoms with van der Waals surface area (Å²) in [5.41, 5.74) is 6.47. The molecule has 18 heavy (non-hydrogen) atoms. The van der Waals surface area contributed by atoms with Gasteiger partial charge in [0, 0.05) is 0 Å². The molecule has 0 aromatic rings. The fraction of sp³-hybridized carbons (Fsp3) is 1.00. The van der Waals surface area contributed by atoms with Crippen LogP contribution in [0.15, 0.2) is 0 Å². The minimum atomic E-state index is 0.487. The molecule has 1 fully saturated rings. The molecule has 1 aliphatic rings. The van der Waals surface area contributed by atoms with Crippen LogP contribution < -0.4 is 5.73 Å². The first-order valence-corrected chi connectivity index (χ1v) is 8.19. The van der Waals surface area contributed by atoms with E-state index in [0.717, 1.165) is 24.3 Å². The summed E-state index contributed by atoms with van der Waals surface area (Å²) in [6, 6.07) is 0. The molecule has 3 unspecified atom stereocenters. The standard InChI is InChI=1S/C17H35N/c1-5-6-7-8-9-14-12-16(17(2,3)4)11-10-15(14)13-18/h14-16H,5-13,18H2,1-4H3. The van der Waals surface area contributed by atoms with Crippen LogP contribution in [0.5, 0.6) is 0 Å². The van der Waals surface area contributed by atoms with Gasteiger partial charge in [-0.3, -0.25) is 0 Å². The summed E-state index contributed by atoms with van der Waals surface area (Å²) in [5.74, 6) is 2.63. The van der Waals surface area contributed by atoms with Crippen molar-refractivity contribution >= 4 is 0 Å². The van der Waals surface area contributed by atoms with Gasteiger partial charge in [0.15, 0.2) is 0 Å². The molecular formula is C17H35N. The van der Waals surface area contributed by atoms with Crippen LogP contribution in [0.4, 0.5) is 0 Å². The first-order valence-electron chi connectivity index (χ1n) is 8.19. The van der Waals surface area contributed by atoms with E-state index in [1.807, 2.05) is 0 Å². The molecule has 1 nitrogen and oxygen atoms in total. The molecule has 0 amide bonds. The van der Waals surface area contributed by atoms with E-state index < -0.39 is 0 Å². The van der Waals surface area contributed by atoms with Gasteiger partial charge in [-0.1, -0.05) is 59.8 Å². The van der Waals surface area contributed by atoms with Crippen molar-refractivity contribution in [2.24, 2.45) is 28.9 Å². The maximum absolute atomic E-state index is 5.98. The average Bonchev–Trinajstić information content (AvgIpc) is 2.33. The van der Waals surface area contributed by atoms with Crippen molar-refractivity contribution < 1.29 is 0 Å². The smallest absolute Gasteiger partial charge is 0.00462 e. The predicted octanol–water partition coefficient (Wildman–Crippen LogP) is 4.99. The van der Waals surface area contributed by atoms with E-state index in [9.17, 15) is 0 Å². The molecule has 0 aromatic heterocycles. The van der Waals surface area contributed by atoms with E-state index in [1.54, 1.807) is 0 Å². The molecular weight excluding hydrogens is 218 g/mol. The predicted molar refractivity (Wildman–Crippen MR) is 81.6 cm³/mol. The third-order valence-electron chi connectivity index (χ3n) is 5.10. The quantitative estimate of drug-likeness (QED) is 0.663. The second-order valence-electron chi connectivity index (χ2n) is 7.48. The van der Waals surface area contributed by atoms with E-state index in [2.05, 4.69) is 27.7 Å². The molecule has 1 aliphatic carbocycles. The van der Waals surface area contributed by atoms with Crippen LogP contribution in [-0.4, -0.2) is 6.54 Å². The Labute approximate surface area is 115 Å². The second-order valence-corrected chi connectivity index (χ2v) is 7.48. The Bertz CT molecular complexity index is 216. The van der Waals surface area contributed by atoms with Crippen LogP contribution in [0.25, 0.3) is 0 Å². The van der Waals surface area contributed by atoms with Gasteiger partial charge in [-0.05, 0) is 49.0 Å². The van der Waals surface area contributed by atoms with Crippen molar-refractivity contribution in [3.8, 4) is 0 Å². The first-order chi connectivity index (χ1) is 8.49. The zero-order valence-corrected chi connectivity index (χ0v) is 13.2. The van der Waals surface area contributed by atoms with Gasteiger partial charge >= 0.3 is 0 Å². The molecule has 1 rings (SSSR count). The monoisotopic (exact) mass is 253 g/mol. The van der Waals surface area contributed by atoms with E-state index in [1.165, 1.54) is 51.4 Å². The number of hydrogen-bond donors (Lipinski definition) is 1. The van der Waals surface area contributed by atoms with Gasteiger partial charge in [-0.25, -0.2) is 0 Å². The third kappa shape index (κ3) is 4.91. The SMILES string of the molecule is CCCCCCC1CC(C(C)(C)C)CCC1CN. The van der Waals surface area contributed by atoms with Crippen LogP contribution in [-0.2, 0) is 0 Å². The van der Waals surface area contributed by atoms with E-state index in [4.69, 9.17) is 5.73 Å². The maximum atomic E-state index is 5.98. The lowest BCUT2D eigenvalue weighted by Gasteiger charge is -2.41. The Balaban J connectivity index is 2.43. The fourth-order valence-electron chi connectivity index (χ4n) is 3.61. The van der Waals surface area contributed by atoms with Crippen molar-refractivity contribution in [3.63, 3.8) is 0 Å². The molecule has 0 spiro atoms. The Hall–Kier alpha value is -0.0400. The van der Waals surface area contributed by atoms with Crippen molar-refractivity contribution in [2.75, 3.05) is 6.54 Å². The van der Waals surface area contributed by atoms with Gasteiger partial charge in [0.2, 0.25) is 0 Å². The summed E-state index contributed by atoms with van der Waals surface area (Å²) in [5, 5.41) is 0. The molecule has 2 N–H and O–H groups in total. The van der Waals surface area contributed by atoms with Gasteiger partial charge in [0.1, 0.15) is 0 Å². The van der Waals surface area contributed by atoms with Crippen LogP contribution in [0.3, 0.4) is 0 Å². The number of rotatable bonds is 6. The normalized spacial score (nSPS) is 29.5. The lowest BCUT2D eigenvalue weighted by molar-refractivity contribution is 0.0949. The molecule has 108 valence electrons. The highest BCUT2D eigenvalue weighted by Gasteiger charge is 2.34. The maximum Gasteiger partial charge on any atom is -0.00462 e. The van der Waals surface area contributed by atoms with Crippen molar-refractivity contribution in [2.45, 2.75) is 79.1 Å². The average molecular weight is 253 g/mol. The van der Waals surface area contributed by atoms with Crippen LogP contribution in [0, 0.1) is 23.2 Å². The highest BCUT2D eigenvalue weighted by molar-refractivity contribution is 4.86. The lowest BCUT2D eigenvalue weighted by Crippen LogP contribution is -2.35. The minimum absolute atomic E-state index is 0.487. The summed E-state index contributed by atoms with van der Waals surface area (Å²) in [6.07, 6.45) is 11.2. The lowest BCUT2D eigenvalue weighted by atomic mass is 9.64. The molecule has 1 saturated carbocycles. The zero-order chi connectivity index (χ0) is 13.6.